The quantitative estimate of drug-likeness (QED) is 0.768. The molecule has 0 unspecified atom stereocenters. The lowest BCUT2D eigenvalue weighted by Gasteiger charge is -2.14. The Morgan fingerprint density at radius 3 is 2.62 bits per heavy atom. The number of rotatable bonds is 2. The van der Waals surface area contributed by atoms with Crippen molar-refractivity contribution in [1.29, 1.82) is 0 Å². The molecule has 1 atom stereocenters. The summed E-state index contributed by atoms with van der Waals surface area (Å²) < 4.78 is 0. The van der Waals surface area contributed by atoms with Crippen molar-refractivity contribution in [2.75, 3.05) is 7.05 Å². The highest BCUT2D eigenvalue weighted by Gasteiger charge is 2.11. The highest BCUT2D eigenvalue weighted by molar-refractivity contribution is 6.32. The fourth-order valence-corrected chi connectivity index (χ4v) is 1.53. The molecule has 2 N–H and O–H groups in total. The summed E-state index contributed by atoms with van der Waals surface area (Å²) in [6, 6.07) is 3.79. The van der Waals surface area contributed by atoms with Crippen LogP contribution in [0.3, 0.4) is 0 Å². The highest BCUT2D eigenvalue weighted by Crippen LogP contribution is 2.32. The predicted octanol–water partition coefficient (Wildman–Crippen LogP) is 2.63. The number of hydrogen-bond acceptors (Lipinski definition) is 2. The predicted molar refractivity (Wildman–Crippen MR) is 55.3 cm³/mol. The summed E-state index contributed by atoms with van der Waals surface area (Å²) >= 11 is 5.84. The Balaban J connectivity index is 3.20. The van der Waals surface area contributed by atoms with Crippen LogP contribution in [0, 0.1) is 6.92 Å². The van der Waals surface area contributed by atoms with Gasteiger partial charge < -0.3 is 10.4 Å². The number of phenolic OH excluding ortho intramolecular Hbond substituents is 1. The van der Waals surface area contributed by atoms with E-state index in [1.54, 1.807) is 6.07 Å². The average Bonchev–Trinajstić information content (AvgIpc) is 2.10. The van der Waals surface area contributed by atoms with E-state index in [-0.39, 0.29) is 11.8 Å². The summed E-state index contributed by atoms with van der Waals surface area (Å²) in [6.07, 6.45) is 0. The summed E-state index contributed by atoms with van der Waals surface area (Å²) in [4.78, 5) is 0. The minimum Gasteiger partial charge on any atom is -0.506 e. The van der Waals surface area contributed by atoms with E-state index in [0.717, 1.165) is 11.1 Å². The number of aryl methyl sites for hydroxylation is 1. The SMILES string of the molecule is CN[C@H](C)c1cc(C)cc(Cl)c1O. The molecule has 0 radical (unpaired) electrons. The molecule has 0 spiro atoms. The zero-order valence-corrected chi connectivity index (χ0v) is 8.81. The summed E-state index contributed by atoms with van der Waals surface area (Å²) in [5.74, 6) is 0.175. The monoisotopic (exact) mass is 199 g/mol. The summed E-state index contributed by atoms with van der Waals surface area (Å²) in [5.41, 5.74) is 1.90. The average molecular weight is 200 g/mol. The van der Waals surface area contributed by atoms with Crippen LogP contribution in [0.4, 0.5) is 0 Å². The molecule has 2 nitrogen and oxygen atoms in total. The molecule has 1 aromatic carbocycles. The third-order valence-corrected chi connectivity index (χ3v) is 2.42. The van der Waals surface area contributed by atoms with E-state index in [4.69, 9.17) is 11.6 Å². The zero-order chi connectivity index (χ0) is 10.0. The van der Waals surface area contributed by atoms with Crippen molar-refractivity contribution in [2.45, 2.75) is 19.9 Å². The molecule has 3 heteroatoms. The third-order valence-electron chi connectivity index (χ3n) is 2.14. The lowest BCUT2D eigenvalue weighted by atomic mass is 10.0. The smallest absolute Gasteiger partial charge is 0.138 e. The Labute approximate surface area is 83.5 Å². The van der Waals surface area contributed by atoms with Crippen LogP contribution in [0.5, 0.6) is 5.75 Å². The van der Waals surface area contributed by atoms with E-state index in [1.165, 1.54) is 0 Å². The minimum atomic E-state index is 0.109. The molecule has 0 aromatic heterocycles. The first-order valence-electron chi connectivity index (χ1n) is 4.22. The topological polar surface area (TPSA) is 32.3 Å². The molecule has 0 bridgehead atoms. The molecule has 72 valence electrons. The molecular formula is C10H14ClNO. The van der Waals surface area contributed by atoms with Gasteiger partial charge in [0.1, 0.15) is 5.75 Å². The normalized spacial score (nSPS) is 12.9. The summed E-state index contributed by atoms with van der Waals surface area (Å²) in [7, 11) is 1.85. The lowest BCUT2D eigenvalue weighted by molar-refractivity contribution is 0.458. The molecule has 0 saturated heterocycles. The molecular weight excluding hydrogens is 186 g/mol. The fourth-order valence-electron chi connectivity index (χ4n) is 1.25. The third kappa shape index (κ3) is 2.14. The maximum atomic E-state index is 9.65. The van der Waals surface area contributed by atoms with Crippen LogP contribution in [0.15, 0.2) is 12.1 Å². The Morgan fingerprint density at radius 2 is 2.08 bits per heavy atom. The molecule has 0 fully saturated rings. The molecule has 0 aliphatic heterocycles. The lowest BCUT2D eigenvalue weighted by Crippen LogP contribution is -2.12. The second kappa shape index (κ2) is 3.99. The van der Waals surface area contributed by atoms with Gasteiger partial charge in [-0.25, -0.2) is 0 Å². The van der Waals surface area contributed by atoms with Crippen molar-refractivity contribution >= 4 is 11.6 Å². The van der Waals surface area contributed by atoms with Gasteiger partial charge in [-0.1, -0.05) is 17.7 Å². The number of hydrogen-bond donors (Lipinski definition) is 2. The maximum Gasteiger partial charge on any atom is 0.138 e. The first-order valence-corrected chi connectivity index (χ1v) is 4.60. The van der Waals surface area contributed by atoms with Gasteiger partial charge in [0.25, 0.3) is 0 Å². The second-order valence-corrected chi connectivity index (χ2v) is 3.60. The van der Waals surface area contributed by atoms with Crippen molar-refractivity contribution in [3.05, 3.63) is 28.3 Å². The Morgan fingerprint density at radius 1 is 1.46 bits per heavy atom. The minimum absolute atomic E-state index is 0.109. The Bertz CT molecular complexity index is 312. The van der Waals surface area contributed by atoms with Crippen molar-refractivity contribution < 1.29 is 5.11 Å². The largest absolute Gasteiger partial charge is 0.506 e. The van der Waals surface area contributed by atoms with Crippen LogP contribution in [0.1, 0.15) is 24.1 Å². The van der Waals surface area contributed by atoms with Gasteiger partial charge in [-0.05, 0) is 32.5 Å². The van der Waals surface area contributed by atoms with Gasteiger partial charge in [0, 0.05) is 11.6 Å². The molecule has 0 amide bonds. The van der Waals surface area contributed by atoms with Gasteiger partial charge in [-0.2, -0.15) is 0 Å². The van der Waals surface area contributed by atoms with E-state index in [2.05, 4.69) is 5.32 Å². The Hall–Kier alpha value is -0.730. The molecule has 13 heavy (non-hydrogen) atoms. The summed E-state index contributed by atoms with van der Waals surface area (Å²) in [6.45, 7) is 3.93. The van der Waals surface area contributed by atoms with Crippen LogP contribution in [0.2, 0.25) is 5.02 Å². The standard InChI is InChI=1S/C10H14ClNO/c1-6-4-8(7(2)12-3)10(13)9(11)5-6/h4-5,7,12-13H,1-3H3/t7-/m1/s1. The van der Waals surface area contributed by atoms with Gasteiger partial charge in [-0.3, -0.25) is 0 Å². The summed E-state index contributed by atoms with van der Waals surface area (Å²) in [5, 5.41) is 13.1. The zero-order valence-electron chi connectivity index (χ0n) is 8.06. The van der Waals surface area contributed by atoms with Gasteiger partial charge in [0.15, 0.2) is 0 Å². The van der Waals surface area contributed by atoms with Gasteiger partial charge in [0.05, 0.1) is 5.02 Å². The molecule has 1 rings (SSSR count). The van der Waals surface area contributed by atoms with E-state index >= 15 is 0 Å². The number of halogens is 1. The van der Waals surface area contributed by atoms with E-state index < -0.39 is 0 Å². The number of nitrogens with one attached hydrogen (secondary N) is 1. The van der Waals surface area contributed by atoms with Crippen molar-refractivity contribution in [3.8, 4) is 5.75 Å². The fraction of sp³-hybridized carbons (Fsp3) is 0.400. The molecule has 0 saturated carbocycles. The molecule has 0 heterocycles. The van der Waals surface area contributed by atoms with Gasteiger partial charge >= 0.3 is 0 Å². The molecule has 0 aliphatic carbocycles. The van der Waals surface area contributed by atoms with E-state index in [0.29, 0.717) is 5.02 Å². The van der Waals surface area contributed by atoms with Crippen LogP contribution in [-0.2, 0) is 0 Å². The first kappa shape index (κ1) is 10.4. The number of phenols is 1. The highest BCUT2D eigenvalue weighted by atomic mass is 35.5. The Kier molecular flexibility index (Phi) is 3.17. The van der Waals surface area contributed by atoms with E-state index in [1.807, 2.05) is 27.0 Å². The molecule has 0 aliphatic rings. The van der Waals surface area contributed by atoms with Crippen LogP contribution in [0.25, 0.3) is 0 Å². The van der Waals surface area contributed by atoms with Gasteiger partial charge in [0.2, 0.25) is 0 Å². The van der Waals surface area contributed by atoms with Gasteiger partial charge in [-0.15, -0.1) is 0 Å². The van der Waals surface area contributed by atoms with Crippen LogP contribution in [-0.4, -0.2) is 12.2 Å². The van der Waals surface area contributed by atoms with E-state index in [9.17, 15) is 5.11 Å². The van der Waals surface area contributed by atoms with Crippen LogP contribution >= 0.6 is 11.6 Å². The van der Waals surface area contributed by atoms with Crippen molar-refractivity contribution in [1.82, 2.24) is 5.32 Å². The number of aromatic hydroxyl groups is 1. The van der Waals surface area contributed by atoms with Crippen LogP contribution < -0.4 is 5.32 Å². The number of benzene rings is 1. The maximum absolute atomic E-state index is 9.65. The second-order valence-electron chi connectivity index (χ2n) is 3.19. The van der Waals surface area contributed by atoms with Crippen molar-refractivity contribution in [3.63, 3.8) is 0 Å². The first-order chi connectivity index (χ1) is 6.06. The molecule has 1 aromatic rings. The van der Waals surface area contributed by atoms with Crippen molar-refractivity contribution in [2.24, 2.45) is 0 Å².